The monoisotopic (exact) mass is 422 g/mol. The minimum Gasteiger partial charge on any atom is -0.293 e. The quantitative estimate of drug-likeness (QED) is 0.383. The molecule has 5 unspecified atom stereocenters. The van der Waals surface area contributed by atoms with Crippen LogP contribution in [0.5, 0.6) is 0 Å². The number of benzene rings is 1. The van der Waals surface area contributed by atoms with E-state index in [-0.39, 0.29) is 20.7 Å². The van der Waals surface area contributed by atoms with Crippen LogP contribution >= 0.6 is 8.73 Å². The lowest BCUT2D eigenvalue weighted by Gasteiger charge is -2.20. The van der Waals surface area contributed by atoms with Crippen LogP contribution in [0.2, 0.25) is 0 Å². The SMILES string of the molecule is CC(CC1C(C(F)(F)F)=Nc2ccccc21)=NPC(=O)CC1CC2CCC1[C@@H]2C. The number of rotatable bonds is 6. The highest BCUT2D eigenvalue weighted by Crippen LogP contribution is 2.54. The zero-order chi connectivity index (χ0) is 20.8. The van der Waals surface area contributed by atoms with Gasteiger partial charge in [-0.2, -0.15) is 13.2 Å². The van der Waals surface area contributed by atoms with Crippen molar-refractivity contribution < 1.29 is 18.0 Å². The van der Waals surface area contributed by atoms with Crippen LogP contribution in [0.4, 0.5) is 18.9 Å². The zero-order valence-electron chi connectivity index (χ0n) is 16.7. The molecule has 2 bridgehead atoms. The first-order valence-corrected chi connectivity index (χ1v) is 11.3. The molecule has 2 fully saturated rings. The highest BCUT2D eigenvalue weighted by atomic mass is 31.1. The Morgan fingerprint density at radius 3 is 2.66 bits per heavy atom. The van der Waals surface area contributed by atoms with Gasteiger partial charge >= 0.3 is 6.18 Å². The summed E-state index contributed by atoms with van der Waals surface area (Å²) >= 11 is 0. The lowest BCUT2D eigenvalue weighted by atomic mass is 9.86. The molecule has 29 heavy (non-hydrogen) atoms. The molecule has 1 aromatic rings. The van der Waals surface area contributed by atoms with Gasteiger partial charge < -0.3 is 0 Å². The number of aliphatic imine (C=N–C) groups is 1. The van der Waals surface area contributed by atoms with Crippen LogP contribution in [0.3, 0.4) is 0 Å². The summed E-state index contributed by atoms with van der Waals surface area (Å²) in [6, 6.07) is 6.72. The number of fused-ring (bicyclic) bond motifs is 3. The van der Waals surface area contributed by atoms with Crippen LogP contribution in [0.1, 0.15) is 57.4 Å². The molecule has 2 aliphatic carbocycles. The Morgan fingerprint density at radius 1 is 1.24 bits per heavy atom. The molecule has 0 aromatic heterocycles. The fraction of sp³-hybridized carbons (Fsp3) is 0.591. The average Bonchev–Trinajstić information content (AvgIpc) is 3.30. The van der Waals surface area contributed by atoms with Crippen LogP contribution in [-0.2, 0) is 4.79 Å². The van der Waals surface area contributed by atoms with E-state index in [0.717, 1.165) is 18.3 Å². The van der Waals surface area contributed by atoms with E-state index in [0.29, 0.717) is 35.2 Å². The fourth-order valence-corrected chi connectivity index (χ4v) is 6.33. The number of alkyl halides is 3. The molecule has 0 N–H and O–H groups in total. The number of carbonyl (C=O) groups excluding carboxylic acids is 1. The summed E-state index contributed by atoms with van der Waals surface area (Å²) in [7, 11) is -0.207. The Balaban J connectivity index is 1.38. The van der Waals surface area contributed by atoms with Crippen molar-refractivity contribution in [2.24, 2.45) is 33.4 Å². The fourth-order valence-electron chi connectivity index (χ4n) is 5.57. The van der Waals surface area contributed by atoms with Gasteiger partial charge in [-0.3, -0.25) is 9.56 Å². The first-order valence-electron chi connectivity index (χ1n) is 10.3. The minimum absolute atomic E-state index is 0.130. The number of hydrogen-bond acceptors (Lipinski definition) is 3. The molecular weight excluding hydrogens is 396 g/mol. The summed E-state index contributed by atoms with van der Waals surface area (Å²) in [6.07, 6.45) is -0.0868. The molecule has 0 saturated heterocycles. The molecule has 0 spiro atoms. The second-order valence-corrected chi connectivity index (χ2v) is 9.76. The van der Waals surface area contributed by atoms with Gasteiger partial charge in [0.1, 0.15) is 5.71 Å². The van der Waals surface area contributed by atoms with E-state index in [9.17, 15) is 18.0 Å². The zero-order valence-corrected chi connectivity index (χ0v) is 17.7. The van der Waals surface area contributed by atoms with Crippen LogP contribution in [-0.4, -0.2) is 23.1 Å². The summed E-state index contributed by atoms with van der Waals surface area (Å²) < 4.78 is 44.7. The molecule has 156 valence electrons. The summed E-state index contributed by atoms with van der Waals surface area (Å²) in [4.78, 5) is 16.3. The molecule has 1 aliphatic heterocycles. The van der Waals surface area contributed by atoms with Crippen molar-refractivity contribution in [3.8, 4) is 0 Å². The van der Waals surface area contributed by atoms with Gasteiger partial charge in [0.05, 0.1) is 14.4 Å². The molecule has 0 amide bonds. The summed E-state index contributed by atoms with van der Waals surface area (Å²) in [5.74, 6) is 1.79. The Labute approximate surface area is 171 Å². The molecule has 0 radical (unpaired) electrons. The lowest BCUT2D eigenvalue weighted by molar-refractivity contribution is -0.112. The van der Waals surface area contributed by atoms with E-state index in [1.165, 1.54) is 12.8 Å². The minimum atomic E-state index is -4.47. The van der Waals surface area contributed by atoms with Gasteiger partial charge in [0.2, 0.25) is 0 Å². The van der Waals surface area contributed by atoms with Crippen molar-refractivity contribution in [1.82, 2.24) is 0 Å². The normalized spacial score (nSPS) is 31.6. The van der Waals surface area contributed by atoms with Crippen LogP contribution in [0.15, 0.2) is 34.0 Å². The predicted molar refractivity (Wildman–Crippen MR) is 111 cm³/mol. The molecule has 2 saturated carbocycles. The smallest absolute Gasteiger partial charge is 0.293 e. The van der Waals surface area contributed by atoms with E-state index < -0.39 is 17.8 Å². The van der Waals surface area contributed by atoms with Crippen molar-refractivity contribution in [3.05, 3.63) is 29.8 Å². The van der Waals surface area contributed by atoms with Crippen molar-refractivity contribution >= 4 is 31.4 Å². The number of halogens is 3. The van der Waals surface area contributed by atoms with E-state index in [2.05, 4.69) is 16.7 Å². The topological polar surface area (TPSA) is 41.8 Å². The van der Waals surface area contributed by atoms with Crippen LogP contribution in [0.25, 0.3) is 0 Å². The van der Waals surface area contributed by atoms with Crippen molar-refractivity contribution in [2.75, 3.05) is 0 Å². The highest BCUT2D eigenvalue weighted by Gasteiger charge is 2.46. The third kappa shape index (κ3) is 4.19. The Morgan fingerprint density at radius 2 is 2.00 bits per heavy atom. The first kappa shape index (κ1) is 20.7. The van der Waals surface area contributed by atoms with Gasteiger partial charge in [0, 0.05) is 18.1 Å². The molecule has 4 rings (SSSR count). The van der Waals surface area contributed by atoms with Gasteiger partial charge in [0.15, 0.2) is 5.52 Å². The predicted octanol–water partition coefficient (Wildman–Crippen LogP) is 6.46. The molecule has 3 aliphatic rings. The number of nitrogens with zero attached hydrogens (tertiary/aromatic N) is 2. The van der Waals surface area contributed by atoms with Crippen molar-refractivity contribution in [2.45, 2.75) is 58.0 Å². The second kappa shape index (κ2) is 7.94. The van der Waals surface area contributed by atoms with E-state index in [1.807, 2.05) is 0 Å². The van der Waals surface area contributed by atoms with Crippen LogP contribution in [0, 0.1) is 23.7 Å². The Kier molecular flexibility index (Phi) is 5.67. The Hall–Kier alpha value is -1.55. The largest absolute Gasteiger partial charge is 0.430 e. The molecule has 7 heteroatoms. The number of para-hydroxylation sites is 1. The summed E-state index contributed by atoms with van der Waals surface area (Å²) in [6.45, 7) is 4.02. The van der Waals surface area contributed by atoms with E-state index in [4.69, 9.17) is 0 Å². The van der Waals surface area contributed by atoms with Gasteiger partial charge in [0.25, 0.3) is 0 Å². The number of carbonyl (C=O) groups is 1. The molecule has 1 heterocycles. The average molecular weight is 422 g/mol. The molecule has 1 aromatic carbocycles. The molecule has 6 atom stereocenters. The maximum absolute atomic E-state index is 13.4. The Bertz CT molecular complexity index is 864. The summed E-state index contributed by atoms with van der Waals surface area (Å²) in [5.41, 5.74) is 0.905. The van der Waals surface area contributed by atoms with Crippen LogP contribution < -0.4 is 0 Å². The lowest BCUT2D eigenvalue weighted by Crippen LogP contribution is -2.28. The van der Waals surface area contributed by atoms with Gasteiger partial charge in [-0.05, 0) is 67.9 Å². The van der Waals surface area contributed by atoms with Gasteiger partial charge in [-0.1, -0.05) is 25.1 Å². The summed E-state index contributed by atoms with van der Waals surface area (Å²) in [5, 5.41) is 0. The van der Waals surface area contributed by atoms with Gasteiger partial charge in [-0.15, -0.1) is 0 Å². The highest BCUT2D eigenvalue weighted by molar-refractivity contribution is 7.56. The second-order valence-electron chi connectivity index (χ2n) is 8.75. The standard InChI is InChI=1S/C22H26F3N2OP/c1-12(27-29-20(28)11-15-10-14-7-8-16(15)13(14)2)9-18-17-5-3-4-6-19(17)26-21(18)22(23,24)25/h3-6,13-16,18,29H,7-11H2,1-2H3/t13-,14?,15?,16?,18?/m1/s1. The first-order chi connectivity index (χ1) is 13.7. The molecular formula is C22H26F3N2OP. The van der Waals surface area contributed by atoms with E-state index >= 15 is 0 Å². The van der Waals surface area contributed by atoms with Crippen molar-refractivity contribution in [3.63, 3.8) is 0 Å². The van der Waals surface area contributed by atoms with E-state index in [1.54, 1.807) is 31.2 Å². The number of hydrogen-bond donors (Lipinski definition) is 0. The maximum Gasteiger partial charge on any atom is 0.430 e. The maximum atomic E-state index is 13.4. The van der Waals surface area contributed by atoms with Gasteiger partial charge in [-0.25, -0.2) is 4.99 Å². The third-order valence-corrected chi connectivity index (χ3v) is 7.94. The third-order valence-electron chi connectivity index (χ3n) is 6.99. The van der Waals surface area contributed by atoms with Crippen molar-refractivity contribution in [1.29, 1.82) is 0 Å². The molecule has 3 nitrogen and oxygen atoms in total.